The standard InChI is InChI=1S/C18H30N2O.C18H29NS.C6H15N.C3H3F3O2/c1-5-20(6-2,7-3)14-9-8-13-18(21)19-17-12-10-11-16(4)15-17;1-5-7-11-18(6-2)12-10-15-13-16(19(3)4)8-9-17(15)20-14-18;1-4-7(5-2)6-3;1-8-2(7)3(4,5)6/h10-12,15H,5-9,13-14H2,1-4H3;8-9,13H,5-7,10-12,14H2,1-4H3;4-6H2,1-3H3;1H3/p+2/t;18-;;/m.0../s1. The van der Waals surface area contributed by atoms with Crippen molar-refractivity contribution in [2.75, 3.05) is 83.0 Å². The third kappa shape index (κ3) is 20.6. The molecule has 0 spiro atoms. The van der Waals surface area contributed by atoms with E-state index in [0.717, 1.165) is 18.5 Å². The van der Waals surface area contributed by atoms with Crippen LogP contribution in [0, 0.1) is 12.3 Å². The zero-order chi connectivity index (χ0) is 42.8. The van der Waals surface area contributed by atoms with E-state index in [1.54, 1.807) is 10.5 Å². The maximum atomic E-state index is 11.9. The molecule has 0 unspecified atom stereocenters. The molecule has 11 heteroatoms. The Labute approximate surface area is 344 Å². The average molecular weight is 813 g/mol. The monoisotopic (exact) mass is 813 g/mol. The number of halogens is 3. The van der Waals surface area contributed by atoms with E-state index in [1.165, 1.54) is 111 Å². The Morgan fingerprint density at radius 2 is 1.54 bits per heavy atom. The van der Waals surface area contributed by atoms with Crippen molar-refractivity contribution >= 4 is 35.0 Å². The van der Waals surface area contributed by atoms with Crippen molar-refractivity contribution in [2.24, 2.45) is 5.41 Å². The Morgan fingerprint density at radius 1 is 0.911 bits per heavy atom. The molecular weight excluding hydrogens is 734 g/mol. The number of methoxy groups -OCH3 is 1. The summed E-state index contributed by atoms with van der Waals surface area (Å²) in [5, 5.41) is 2.98. The molecule has 1 amide bonds. The largest absolute Gasteiger partial charge is 0.490 e. The van der Waals surface area contributed by atoms with Gasteiger partial charge in [-0.15, -0.1) is 11.8 Å². The van der Waals surface area contributed by atoms with Crippen molar-refractivity contribution < 1.29 is 36.9 Å². The summed E-state index contributed by atoms with van der Waals surface area (Å²) in [6.45, 7) is 28.7. The number of fused-ring (bicyclic) bond motifs is 1. The van der Waals surface area contributed by atoms with E-state index < -0.39 is 12.1 Å². The van der Waals surface area contributed by atoms with Crippen LogP contribution in [0.2, 0.25) is 0 Å². The van der Waals surface area contributed by atoms with Gasteiger partial charge < -0.3 is 24.3 Å². The lowest BCUT2D eigenvalue weighted by atomic mass is 9.77. The molecule has 322 valence electrons. The van der Waals surface area contributed by atoms with E-state index in [1.807, 2.05) is 31.2 Å². The SMILES string of the molecule is CCCC[C@@]1(CC)CCc2cc(N(C)C)ccc2SC1.CC[N+](CC)(CC)CCCCC(=O)Nc1cccc(C)c1.CC[NH+](CC)CC.COC(=O)C(F)(F)F. The summed E-state index contributed by atoms with van der Waals surface area (Å²) in [4.78, 5) is 26.8. The molecule has 0 saturated heterocycles. The highest BCUT2D eigenvalue weighted by Crippen LogP contribution is 2.44. The number of unbranched alkanes of at least 4 members (excludes halogenated alkanes) is 2. The van der Waals surface area contributed by atoms with E-state index in [-0.39, 0.29) is 5.91 Å². The number of alkyl halides is 3. The molecule has 7 nitrogen and oxygen atoms in total. The fourth-order valence-electron chi connectivity index (χ4n) is 6.78. The summed E-state index contributed by atoms with van der Waals surface area (Å²) in [6.07, 6.45) is 5.91. The van der Waals surface area contributed by atoms with Gasteiger partial charge >= 0.3 is 12.1 Å². The first-order valence-electron chi connectivity index (χ1n) is 21.1. The van der Waals surface area contributed by atoms with E-state index in [2.05, 4.69) is 114 Å². The second-order valence-corrected chi connectivity index (χ2v) is 16.1. The topological polar surface area (TPSA) is 63.1 Å². The molecule has 1 atom stereocenters. The number of amides is 1. The molecule has 1 heterocycles. The summed E-state index contributed by atoms with van der Waals surface area (Å²) < 4.78 is 37.4. The second-order valence-electron chi connectivity index (χ2n) is 15.1. The third-order valence-electron chi connectivity index (χ3n) is 11.3. The number of rotatable bonds is 17. The van der Waals surface area contributed by atoms with E-state index in [4.69, 9.17) is 0 Å². The van der Waals surface area contributed by atoms with Gasteiger partial charge in [0.15, 0.2) is 0 Å². The lowest BCUT2D eigenvalue weighted by molar-refractivity contribution is -0.923. The van der Waals surface area contributed by atoms with E-state index in [9.17, 15) is 22.8 Å². The highest BCUT2D eigenvalue weighted by Gasteiger charge is 2.40. The predicted molar refractivity (Wildman–Crippen MR) is 233 cm³/mol. The minimum Gasteiger partial charge on any atom is -0.462 e. The summed E-state index contributed by atoms with van der Waals surface area (Å²) in [6, 6.07) is 14.9. The minimum absolute atomic E-state index is 0.128. The number of thioether (sulfide) groups is 1. The van der Waals surface area contributed by atoms with Gasteiger partial charge in [0.1, 0.15) is 0 Å². The normalized spacial score (nSPS) is 15.1. The number of hydrogen-bond donors (Lipinski definition) is 2. The quantitative estimate of drug-likeness (QED) is 0.0947. The Morgan fingerprint density at radius 3 is 1.98 bits per heavy atom. The van der Waals surface area contributed by atoms with Crippen molar-refractivity contribution in [2.45, 2.75) is 131 Å². The van der Waals surface area contributed by atoms with Gasteiger partial charge in [0, 0.05) is 42.5 Å². The van der Waals surface area contributed by atoms with E-state index in [0.29, 0.717) is 18.9 Å². The van der Waals surface area contributed by atoms with Crippen molar-refractivity contribution in [1.82, 2.24) is 0 Å². The number of hydrogen-bond acceptors (Lipinski definition) is 5. The first-order valence-corrected chi connectivity index (χ1v) is 22.1. The van der Waals surface area contributed by atoms with E-state index >= 15 is 0 Å². The van der Waals surface area contributed by atoms with Gasteiger partial charge in [-0.3, -0.25) is 4.79 Å². The van der Waals surface area contributed by atoms with Crippen molar-refractivity contribution in [1.29, 1.82) is 0 Å². The van der Waals surface area contributed by atoms with Crippen LogP contribution in [0.25, 0.3) is 0 Å². The number of nitrogens with zero attached hydrogens (tertiary/aromatic N) is 2. The summed E-state index contributed by atoms with van der Waals surface area (Å²) in [5.74, 6) is -0.738. The Kier molecular flexibility index (Phi) is 27.2. The average Bonchev–Trinajstić information content (AvgIpc) is 3.37. The Bertz CT molecular complexity index is 1350. The van der Waals surface area contributed by atoms with Crippen LogP contribution in [0.15, 0.2) is 47.4 Å². The van der Waals surface area contributed by atoms with Crippen LogP contribution in [-0.2, 0) is 20.7 Å². The molecular formula is C45H79F3N4O3S+2. The smallest absolute Gasteiger partial charge is 0.462 e. The Hall–Kier alpha value is -2.76. The fraction of sp³-hybridized carbons (Fsp3) is 0.689. The zero-order valence-electron chi connectivity index (χ0n) is 37.2. The number of ether oxygens (including phenoxy) is 1. The van der Waals surface area contributed by atoms with Crippen LogP contribution >= 0.6 is 11.8 Å². The number of esters is 1. The molecule has 2 aromatic carbocycles. The maximum absolute atomic E-state index is 11.9. The maximum Gasteiger partial charge on any atom is 0.490 e. The summed E-state index contributed by atoms with van der Waals surface area (Å²) in [5.41, 5.74) is 5.54. The molecule has 2 N–H and O–H groups in total. The summed E-state index contributed by atoms with van der Waals surface area (Å²) >= 11 is 2.09. The predicted octanol–water partition coefficient (Wildman–Crippen LogP) is 10.0. The van der Waals surface area contributed by atoms with Crippen molar-refractivity contribution in [3.8, 4) is 0 Å². The van der Waals surface area contributed by atoms with Gasteiger partial charge in [-0.1, -0.05) is 38.8 Å². The van der Waals surface area contributed by atoms with Crippen LogP contribution in [0.4, 0.5) is 24.5 Å². The number of carbonyl (C=O) groups is 2. The number of quaternary nitrogens is 2. The molecule has 0 aromatic heterocycles. The van der Waals surface area contributed by atoms with Gasteiger partial charge in [0.2, 0.25) is 5.91 Å². The van der Waals surface area contributed by atoms with Gasteiger partial charge in [0.25, 0.3) is 0 Å². The third-order valence-corrected chi connectivity index (χ3v) is 12.8. The van der Waals surface area contributed by atoms with Crippen LogP contribution in [0.1, 0.15) is 118 Å². The van der Waals surface area contributed by atoms with Gasteiger partial charge in [-0.25, -0.2) is 4.79 Å². The number of aryl methyl sites for hydroxylation is 2. The van der Waals surface area contributed by atoms with Crippen LogP contribution < -0.4 is 15.1 Å². The molecule has 1 aliphatic rings. The van der Waals surface area contributed by atoms with Crippen LogP contribution in [0.3, 0.4) is 0 Å². The first-order chi connectivity index (χ1) is 26.5. The van der Waals surface area contributed by atoms with Gasteiger partial charge in [-0.2, -0.15) is 13.2 Å². The zero-order valence-corrected chi connectivity index (χ0v) is 38.0. The van der Waals surface area contributed by atoms with Crippen molar-refractivity contribution in [3.05, 3.63) is 53.6 Å². The number of benzene rings is 2. The van der Waals surface area contributed by atoms with Crippen LogP contribution in [-0.4, -0.2) is 95.3 Å². The molecule has 0 bridgehead atoms. The first kappa shape index (κ1) is 53.2. The highest BCUT2D eigenvalue weighted by atomic mass is 32.2. The van der Waals surface area contributed by atoms with Gasteiger partial charge in [-0.05, 0) is 134 Å². The molecule has 0 radical (unpaired) electrons. The number of anilines is 2. The Balaban J connectivity index is 0.000000798. The van der Waals surface area contributed by atoms with Crippen molar-refractivity contribution in [3.63, 3.8) is 0 Å². The number of carbonyl (C=O) groups excluding carboxylic acids is 2. The minimum atomic E-state index is -4.85. The highest BCUT2D eigenvalue weighted by molar-refractivity contribution is 7.99. The molecule has 1 aliphatic heterocycles. The number of nitrogens with one attached hydrogen (secondary N) is 2. The van der Waals surface area contributed by atoms with Gasteiger partial charge in [0.05, 0.1) is 52.9 Å². The van der Waals surface area contributed by atoms with Crippen LogP contribution in [0.5, 0.6) is 0 Å². The second kappa shape index (κ2) is 28.6. The molecule has 3 rings (SSSR count). The lowest BCUT2D eigenvalue weighted by Gasteiger charge is -2.35. The molecule has 56 heavy (non-hydrogen) atoms. The molecule has 0 saturated carbocycles. The fourth-order valence-corrected chi connectivity index (χ4v) is 8.24. The lowest BCUT2D eigenvalue weighted by Crippen LogP contribution is -3.11. The summed E-state index contributed by atoms with van der Waals surface area (Å²) in [7, 11) is 4.93. The molecule has 0 fully saturated rings. The molecule has 0 aliphatic carbocycles. The molecule has 2 aromatic rings.